The van der Waals surface area contributed by atoms with Gasteiger partial charge in [0.15, 0.2) is 5.82 Å². The average Bonchev–Trinajstić information content (AvgIpc) is 2.73. The maximum absolute atomic E-state index is 9.54. The molecule has 5 nitrogen and oxygen atoms in total. The Kier molecular flexibility index (Phi) is 2.18. The van der Waals surface area contributed by atoms with E-state index in [0.717, 1.165) is 30.2 Å². The molecule has 1 aliphatic heterocycles. The molecule has 0 radical (unpaired) electrons. The van der Waals surface area contributed by atoms with Gasteiger partial charge < -0.3 is 9.67 Å². The third-order valence-corrected chi connectivity index (χ3v) is 2.85. The van der Waals surface area contributed by atoms with E-state index in [4.69, 9.17) is 0 Å². The van der Waals surface area contributed by atoms with E-state index < -0.39 is 0 Å². The fourth-order valence-corrected chi connectivity index (χ4v) is 2.02. The molecule has 0 aromatic carbocycles. The summed E-state index contributed by atoms with van der Waals surface area (Å²) in [5, 5.41) is 17.8. The highest BCUT2D eigenvalue weighted by atomic mass is 16.3. The van der Waals surface area contributed by atoms with Crippen molar-refractivity contribution in [3.8, 4) is 11.4 Å². The Hall–Kier alpha value is -1.75. The van der Waals surface area contributed by atoms with Gasteiger partial charge in [-0.2, -0.15) is 0 Å². The number of aliphatic hydroxyl groups is 1. The average molecular weight is 216 g/mol. The standard InChI is InChI=1S/C11H12N4O/c16-9-3-5-15-10(6-9)13-14-11(15)8-2-1-4-12-7-8/h1-2,4,7,9,16H,3,5-6H2. The summed E-state index contributed by atoms with van der Waals surface area (Å²) < 4.78 is 2.06. The number of hydrogen-bond acceptors (Lipinski definition) is 4. The smallest absolute Gasteiger partial charge is 0.165 e. The lowest BCUT2D eigenvalue weighted by molar-refractivity contribution is 0.142. The molecule has 0 aliphatic carbocycles. The largest absolute Gasteiger partial charge is 0.393 e. The van der Waals surface area contributed by atoms with Gasteiger partial charge in [-0.25, -0.2) is 0 Å². The van der Waals surface area contributed by atoms with Crippen molar-refractivity contribution in [2.75, 3.05) is 0 Å². The first-order chi connectivity index (χ1) is 7.84. The van der Waals surface area contributed by atoms with Crippen molar-refractivity contribution in [1.29, 1.82) is 0 Å². The van der Waals surface area contributed by atoms with E-state index in [9.17, 15) is 5.11 Å². The van der Waals surface area contributed by atoms with Gasteiger partial charge in [0.2, 0.25) is 0 Å². The number of fused-ring (bicyclic) bond motifs is 1. The van der Waals surface area contributed by atoms with E-state index >= 15 is 0 Å². The zero-order chi connectivity index (χ0) is 11.0. The number of hydrogen-bond donors (Lipinski definition) is 1. The minimum absolute atomic E-state index is 0.279. The highest BCUT2D eigenvalue weighted by molar-refractivity contribution is 5.53. The van der Waals surface area contributed by atoms with Crippen molar-refractivity contribution in [2.24, 2.45) is 0 Å². The highest BCUT2D eigenvalue weighted by Crippen LogP contribution is 2.21. The summed E-state index contributed by atoms with van der Waals surface area (Å²) in [5.74, 6) is 1.70. The SMILES string of the molecule is OC1CCn2c(nnc2-c2cccnc2)C1. The summed E-state index contributed by atoms with van der Waals surface area (Å²) in [6.45, 7) is 0.772. The third-order valence-electron chi connectivity index (χ3n) is 2.85. The fraction of sp³-hybridized carbons (Fsp3) is 0.364. The summed E-state index contributed by atoms with van der Waals surface area (Å²) in [7, 11) is 0. The summed E-state index contributed by atoms with van der Waals surface area (Å²) in [6, 6.07) is 3.85. The van der Waals surface area contributed by atoms with Gasteiger partial charge in [0.05, 0.1) is 6.10 Å². The number of aliphatic hydroxyl groups excluding tert-OH is 1. The topological polar surface area (TPSA) is 63.8 Å². The lowest BCUT2D eigenvalue weighted by Gasteiger charge is -2.19. The van der Waals surface area contributed by atoms with Gasteiger partial charge in [-0.15, -0.1) is 10.2 Å². The molecule has 1 unspecified atom stereocenters. The van der Waals surface area contributed by atoms with Crippen LogP contribution in [0.5, 0.6) is 0 Å². The van der Waals surface area contributed by atoms with Crippen LogP contribution in [0.3, 0.4) is 0 Å². The first-order valence-corrected chi connectivity index (χ1v) is 5.35. The monoisotopic (exact) mass is 216 g/mol. The Morgan fingerprint density at radius 1 is 1.38 bits per heavy atom. The van der Waals surface area contributed by atoms with E-state index in [1.54, 1.807) is 12.4 Å². The minimum atomic E-state index is -0.279. The molecule has 16 heavy (non-hydrogen) atoms. The number of rotatable bonds is 1. The Bertz CT molecular complexity index is 494. The second kappa shape index (κ2) is 3.68. The van der Waals surface area contributed by atoms with Crippen LogP contribution in [0.25, 0.3) is 11.4 Å². The van der Waals surface area contributed by atoms with Crippen LogP contribution in [0, 0.1) is 0 Å². The van der Waals surface area contributed by atoms with E-state index in [1.807, 2.05) is 12.1 Å². The molecule has 82 valence electrons. The molecule has 0 amide bonds. The number of pyridine rings is 1. The molecule has 3 rings (SSSR count). The van der Waals surface area contributed by atoms with Crippen molar-refractivity contribution < 1.29 is 5.11 Å². The fourth-order valence-electron chi connectivity index (χ4n) is 2.02. The Morgan fingerprint density at radius 2 is 2.31 bits per heavy atom. The van der Waals surface area contributed by atoms with E-state index in [2.05, 4.69) is 19.7 Å². The van der Waals surface area contributed by atoms with E-state index in [0.29, 0.717) is 6.42 Å². The summed E-state index contributed by atoms with van der Waals surface area (Å²) in [6.07, 6.45) is 4.59. The molecule has 2 aromatic heterocycles. The highest BCUT2D eigenvalue weighted by Gasteiger charge is 2.21. The molecule has 0 bridgehead atoms. The van der Waals surface area contributed by atoms with Crippen LogP contribution in [0.4, 0.5) is 0 Å². The maximum atomic E-state index is 9.54. The van der Waals surface area contributed by atoms with Gasteiger partial charge in [-0.05, 0) is 18.6 Å². The second-order valence-electron chi connectivity index (χ2n) is 3.98. The number of aromatic nitrogens is 4. The van der Waals surface area contributed by atoms with Crippen molar-refractivity contribution in [1.82, 2.24) is 19.7 Å². The Balaban J connectivity index is 2.04. The van der Waals surface area contributed by atoms with Gasteiger partial charge in [-0.3, -0.25) is 4.98 Å². The second-order valence-corrected chi connectivity index (χ2v) is 3.98. The number of nitrogens with zero attached hydrogens (tertiary/aromatic N) is 4. The molecular weight excluding hydrogens is 204 g/mol. The molecule has 0 saturated carbocycles. The normalized spacial score (nSPS) is 19.4. The lowest BCUT2D eigenvalue weighted by Crippen LogP contribution is -2.23. The van der Waals surface area contributed by atoms with Crippen LogP contribution >= 0.6 is 0 Å². The molecule has 0 fully saturated rings. The van der Waals surface area contributed by atoms with Gasteiger partial charge in [-0.1, -0.05) is 0 Å². The van der Waals surface area contributed by atoms with Crippen LogP contribution in [0.1, 0.15) is 12.2 Å². The molecule has 1 N–H and O–H groups in total. The first kappa shape index (κ1) is 9.47. The predicted molar refractivity (Wildman–Crippen MR) is 57.6 cm³/mol. The summed E-state index contributed by atoms with van der Waals surface area (Å²) in [5.41, 5.74) is 0.970. The van der Waals surface area contributed by atoms with Crippen LogP contribution in [0.15, 0.2) is 24.5 Å². The molecule has 5 heteroatoms. The quantitative estimate of drug-likeness (QED) is 0.760. The molecule has 0 saturated heterocycles. The van der Waals surface area contributed by atoms with Gasteiger partial charge >= 0.3 is 0 Å². The third kappa shape index (κ3) is 1.49. The zero-order valence-electron chi connectivity index (χ0n) is 8.74. The molecule has 0 spiro atoms. The van der Waals surface area contributed by atoms with Crippen molar-refractivity contribution in [3.63, 3.8) is 0 Å². The summed E-state index contributed by atoms with van der Waals surface area (Å²) in [4.78, 5) is 4.07. The van der Waals surface area contributed by atoms with E-state index in [1.165, 1.54) is 0 Å². The van der Waals surface area contributed by atoms with Crippen LogP contribution in [0.2, 0.25) is 0 Å². The van der Waals surface area contributed by atoms with Crippen molar-refractivity contribution in [3.05, 3.63) is 30.4 Å². The van der Waals surface area contributed by atoms with Gasteiger partial charge in [0.1, 0.15) is 5.82 Å². The Labute approximate surface area is 92.8 Å². The predicted octanol–water partition coefficient (Wildman–Crippen LogP) is 0.647. The lowest BCUT2D eigenvalue weighted by atomic mass is 10.1. The van der Waals surface area contributed by atoms with Gasteiger partial charge in [0, 0.05) is 30.9 Å². The maximum Gasteiger partial charge on any atom is 0.165 e. The summed E-state index contributed by atoms with van der Waals surface area (Å²) >= 11 is 0. The zero-order valence-corrected chi connectivity index (χ0v) is 8.74. The minimum Gasteiger partial charge on any atom is -0.393 e. The van der Waals surface area contributed by atoms with Crippen LogP contribution < -0.4 is 0 Å². The molecule has 2 aromatic rings. The van der Waals surface area contributed by atoms with E-state index in [-0.39, 0.29) is 6.10 Å². The van der Waals surface area contributed by atoms with Crippen LogP contribution in [-0.2, 0) is 13.0 Å². The first-order valence-electron chi connectivity index (χ1n) is 5.35. The molecular formula is C11H12N4O. The molecule has 1 aliphatic rings. The molecule has 3 heterocycles. The molecule has 1 atom stereocenters. The van der Waals surface area contributed by atoms with Crippen molar-refractivity contribution in [2.45, 2.75) is 25.5 Å². The van der Waals surface area contributed by atoms with Crippen molar-refractivity contribution >= 4 is 0 Å². The van der Waals surface area contributed by atoms with Crippen LogP contribution in [-0.4, -0.2) is 31.0 Å². The Morgan fingerprint density at radius 3 is 3.12 bits per heavy atom. The van der Waals surface area contributed by atoms with Gasteiger partial charge in [0.25, 0.3) is 0 Å².